The number of carbonyl (C=O) groups is 1. The highest BCUT2D eigenvalue weighted by Crippen LogP contribution is 2.19. The largest absolute Gasteiger partial charge is 0.504 e. The normalized spacial score (nSPS) is 20.8. The van der Waals surface area contributed by atoms with Gasteiger partial charge >= 0.3 is 0 Å². The van der Waals surface area contributed by atoms with Crippen LogP contribution >= 0.6 is 0 Å². The summed E-state index contributed by atoms with van der Waals surface area (Å²) in [5.41, 5.74) is 0. The Hall–Kier alpha value is -1.62. The summed E-state index contributed by atoms with van der Waals surface area (Å²) < 4.78 is 0. The highest BCUT2D eigenvalue weighted by atomic mass is 16.3. The van der Waals surface area contributed by atoms with Gasteiger partial charge in [0.05, 0.1) is 6.04 Å². The fraction of sp³-hybridized carbons (Fsp3) is 0.538. The Balaban J connectivity index is 1.96. The molecule has 1 saturated heterocycles. The molecular formula is C13H19N3O2. The van der Waals surface area contributed by atoms with Gasteiger partial charge in [-0.3, -0.25) is 4.79 Å². The molecule has 1 aromatic rings. The molecule has 1 aliphatic rings. The molecule has 0 radical (unpaired) electrons. The quantitative estimate of drug-likeness (QED) is 0.745. The molecule has 0 aromatic carbocycles. The van der Waals surface area contributed by atoms with E-state index in [1.165, 1.54) is 18.9 Å². The number of hydrogen-bond acceptors (Lipinski definition) is 4. The lowest BCUT2D eigenvalue weighted by molar-refractivity contribution is -0.118. The van der Waals surface area contributed by atoms with E-state index >= 15 is 0 Å². The van der Waals surface area contributed by atoms with E-state index < -0.39 is 0 Å². The average molecular weight is 249 g/mol. The fourth-order valence-corrected chi connectivity index (χ4v) is 2.13. The van der Waals surface area contributed by atoms with Crippen LogP contribution in [0.15, 0.2) is 18.3 Å². The van der Waals surface area contributed by atoms with Crippen molar-refractivity contribution in [1.82, 2.24) is 10.3 Å². The zero-order chi connectivity index (χ0) is 12.8. The minimum atomic E-state index is -0.188. The Morgan fingerprint density at radius 1 is 1.39 bits per heavy atom. The molecule has 0 saturated carbocycles. The topological polar surface area (TPSA) is 74.2 Å². The van der Waals surface area contributed by atoms with Gasteiger partial charge in [-0.1, -0.05) is 19.3 Å². The lowest BCUT2D eigenvalue weighted by atomic mass is 10.0. The molecule has 5 heteroatoms. The number of anilines is 1. The first-order valence-corrected chi connectivity index (χ1v) is 6.45. The first-order valence-electron chi connectivity index (χ1n) is 6.45. The SMILES string of the molecule is O=C(Nc1ncccc1O)C1CCCCCCN1. The summed E-state index contributed by atoms with van der Waals surface area (Å²) in [5.74, 6) is 0.106. The summed E-state index contributed by atoms with van der Waals surface area (Å²) in [7, 11) is 0. The summed E-state index contributed by atoms with van der Waals surface area (Å²) in [5, 5.41) is 15.5. The predicted molar refractivity (Wildman–Crippen MR) is 69.4 cm³/mol. The molecule has 1 atom stereocenters. The number of rotatable bonds is 2. The van der Waals surface area contributed by atoms with Gasteiger partial charge in [0.25, 0.3) is 0 Å². The molecule has 0 aliphatic carbocycles. The van der Waals surface area contributed by atoms with Crippen LogP contribution in [0.2, 0.25) is 0 Å². The Morgan fingerprint density at radius 3 is 3.06 bits per heavy atom. The number of hydrogen-bond donors (Lipinski definition) is 3. The Bertz CT molecular complexity index is 401. The average Bonchev–Trinajstić information content (AvgIpc) is 2.31. The number of aromatic hydroxyl groups is 1. The molecule has 5 nitrogen and oxygen atoms in total. The van der Waals surface area contributed by atoms with Crippen molar-refractivity contribution in [2.45, 2.75) is 38.1 Å². The molecule has 1 amide bonds. The van der Waals surface area contributed by atoms with Crippen LogP contribution in [0.3, 0.4) is 0 Å². The standard InChI is InChI=1S/C13H19N3O2/c17-11-7-5-9-15-12(11)16-13(18)10-6-3-1-2-4-8-14-10/h5,7,9-10,14,17H,1-4,6,8H2,(H,15,16,18). The molecule has 0 spiro atoms. The Morgan fingerprint density at radius 2 is 2.22 bits per heavy atom. The first-order chi connectivity index (χ1) is 8.77. The number of amides is 1. The van der Waals surface area contributed by atoms with Crippen LogP contribution in [0.5, 0.6) is 5.75 Å². The summed E-state index contributed by atoms with van der Waals surface area (Å²) >= 11 is 0. The molecule has 18 heavy (non-hydrogen) atoms. The molecule has 1 aromatic heterocycles. The van der Waals surface area contributed by atoms with Gasteiger partial charge in [0.1, 0.15) is 0 Å². The minimum absolute atomic E-state index is 0.00306. The number of pyridine rings is 1. The first kappa shape index (κ1) is 12.8. The van der Waals surface area contributed by atoms with E-state index in [0.717, 1.165) is 25.8 Å². The molecule has 0 bridgehead atoms. The van der Waals surface area contributed by atoms with Crippen molar-refractivity contribution in [2.24, 2.45) is 0 Å². The molecule has 98 valence electrons. The van der Waals surface area contributed by atoms with Crippen LogP contribution < -0.4 is 10.6 Å². The maximum absolute atomic E-state index is 12.1. The Kier molecular flexibility index (Phi) is 4.52. The van der Waals surface area contributed by atoms with Gasteiger partial charge < -0.3 is 15.7 Å². The third-order valence-corrected chi connectivity index (χ3v) is 3.15. The van der Waals surface area contributed by atoms with E-state index in [2.05, 4.69) is 15.6 Å². The zero-order valence-electron chi connectivity index (χ0n) is 10.4. The van der Waals surface area contributed by atoms with Gasteiger partial charge in [-0.25, -0.2) is 4.98 Å². The highest BCUT2D eigenvalue weighted by molar-refractivity contribution is 5.95. The molecule has 3 N–H and O–H groups in total. The van der Waals surface area contributed by atoms with Gasteiger partial charge in [0.2, 0.25) is 5.91 Å². The third kappa shape index (κ3) is 3.43. The van der Waals surface area contributed by atoms with Crippen molar-refractivity contribution in [3.63, 3.8) is 0 Å². The summed E-state index contributed by atoms with van der Waals surface area (Å²) in [6.45, 7) is 0.867. The predicted octanol–water partition coefficient (Wildman–Crippen LogP) is 1.65. The van der Waals surface area contributed by atoms with Crippen LogP contribution in [0.1, 0.15) is 32.1 Å². The van der Waals surface area contributed by atoms with Gasteiger partial charge in [-0.15, -0.1) is 0 Å². The molecule has 1 aliphatic heterocycles. The Labute approximate surface area is 107 Å². The van der Waals surface area contributed by atoms with Crippen LogP contribution in [-0.2, 0) is 4.79 Å². The van der Waals surface area contributed by atoms with Crippen molar-refractivity contribution < 1.29 is 9.90 Å². The zero-order valence-corrected chi connectivity index (χ0v) is 10.4. The smallest absolute Gasteiger partial charge is 0.242 e. The maximum atomic E-state index is 12.1. The summed E-state index contributed by atoms with van der Waals surface area (Å²) in [4.78, 5) is 16.0. The number of nitrogens with one attached hydrogen (secondary N) is 2. The third-order valence-electron chi connectivity index (χ3n) is 3.15. The van der Waals surface area contributed by atoms with Gasteiger partial charge in [0.15, 0.2) is 11.6 Å². The highest BCUT2D eigenvalue weighted by Gasteiger charge is 2.19. The number of carbonyl (C=O) groups excluding carboxylic acids is 1. The lowest BCUT2D eigenvalue weighted by Gasteiger charge is -2.20. The maximum Gasteiger partial charge on any atom is 0.242 e. The second kappa shape index (κ2) is 6.35. The van der Waals surface area contributed by atoms with Crippen molar-refractivity contribution in [1.29, 1.82) is 0 Å². The van der Waals surface area contributed by atoms with Gasteiger partial charge in [-0.2, -0.15) is 0 Å². The van der Waals surface area contributed by atoms with Gasteiger partial charge in [-0.05, 0) is 31.5 Å². The molecule has 1 unspecified atom stereocenters. The number of aromatic nitrogens is 1. The molecule has 2 rings (SSSR count). The van der Waals surface area contributed by atoms with E-state index in [1.807, 2.05) is 0 Å². The number of nitrogens with zero attached hydrogens (tertiary/aromatic N) is 1. The minimum Gasteiger partial charge on any atom is -0.504 e. The van der Waals surface area contributed by atoms with Crippen molar-refractivity contribution in [3.05, 3.63) is 18.3 Å². The monoisotopic (exact) mass is 249 g/mol. The van der Waals surface area contributed by atoms with Crippen molar-refractivity contribution >= 4 is 11.7 Å². The van der Waals surface area contributed by atoms with E-state index in [4.69, 9.17) is 0 Å². The van der Waals surface area contributed by atoms with Crippen LogP contribution in [0.25, 0.3) is 0 Å². The molecule has 1 fully saturated rings. The summed E-state index contributed by atoms with van der Waals surface area (Å²) in [6.07, 6.45) is 6.95. The van der Waals surface area contributed by atoms with E-state index in [9.17, 15) is 9.90 Å². The molecule has 2 heterocycles. The lowest BCUT2D eigenvalue weighted by Crippen LogP contribution is -2.41. The van der Waals surface area contributed by atoms with Crippen LogP contribution in [0.4, 0.5) is 5.82 Å². The van der Waals surface area contributed by atoms with E-state index in [0.29, 0.717) is 0 Å². The molecular weight excluding hydrogens is 230 g/mol. The van der Waals surface area contributed by atoms with Gasteiger partial charge in [0, 0.05) is 6.20 Å². The van der Waals surface area contributed by atoms with Crippen LogP contribution in [-0.4, -0.2) is 28.6 Å². The second-order valence-corrected chi connectivity index (χ2v) is 4.57. The van der Waals surface area contributed by atoms with Crippen LogP contribution in [0, 0.1) is 0 Å². The van der Waals surface area contributed by atoms with Crippen molar-refractivity contribution in [3.8, 4) is 5.75 Å². The summed E-state index contributed by atoms with van der Waals surface area (Å²) in [6, 6.07) is 2.94. The van der Waals surface area contributed by atoms with E-state index in [-0.39, 0.29) is 23.5 Å². The van der Waals surface area contributed by atoms with Crippen molar-refractivity contribution in [2.75, 3.05) is 11.9 Å². The second-order valence-electron chi connectivity index (χ2n) is 4.57. The van der Waals surface area contributed by atoms with E-state index in [1.54, 1.807) is 12.3 Å². The fourth-order valence-electron chi connectivity index (χ4n) is 2.13.